The molecular formula is C19H26F2O2. The number of hydrogen-bond donors (Lipinski definition) is 0. The molecule has 0 unspecified atom stereocenters. The van der Waals surface area contributed by atoms with Crippen LogP contribution in [0.1, 0.15) is 46.0 Å². The van der Waals surface area contributed by atoms with E-state index < -0.39 is 11.6 Å². The Bertz CT molecular complexity index is 520. The van der Waals surface area contributed by atoms with Gasteiger partial charge >= 0.3 is 0 Å². The molecule has 0 saturated heterocycles. The van der Waals surface area contributed by atoms with E-state index in [1.54, 1.807) is 0 Å². The fourth-order valence-electron chi connectivity index (χ4n) is 2.98. The third-order valence-electron chi connectivity index (χ3n) is 4.30. The predicted molar refractivity (Wildman–Crippen MR) is 87.9 cm³/mol. The lowest BCUT2D eigenvalue weighted by Crippen LogP contribution is -2.19. The first-order valence-corrected chi connectivity index (χ1v) is 8.52. The molecule has 1 fully saturated rings. The van der Waals surface area contributed by atoms with E-state index >= 15 is 0 Å². The Morgan fingerprint density at radius 1 is 1.04 bits per heavy atom. The first-order chi connectivity index (χ1) is 11.2. The molecule has 0 aliphatic heterocycles. The van der Waals surface area contributed by atoms with Crippen molar-refractivity contribution in [3.05, 3.63) is 35.9 Å². The Morgan fingerprint density at radius 2 is 1.65 bits per heavy atom. The maximum Gasteiger partial charge on any atom is 0.204 e. The quantitative estimate of drug-likeness (QED) is 0.615. The summed E-state index contributed by atoms with van der Waals surface area (Å²) in [4.78, 5) is 0. The highest BCUT2D eigenvalue weighted by molar-refractivity contribution is 5.35. The van der Waals surface area contributed by atoms with Crippen LogP contribution in [-0.4, -0.2) is 13.2 Å². The maximum atomic E-state index is 14.0. The first-order valence-electron chi connectivity index (χ1n) is 8.52. The van der Waals surface area contributed by atoms with Gasteiger partial charge in [0.2, 0.25) is 11.6 Å². The van der Waals surface area contributed by atoms with Gasteiger partial charge in [-0.2, -0.15) is 8.78 Å². The van der Waals surface area contributed by atoms with E-state index in [1.807, 2.05) is 13.8 Å². The normalized spacial score (nSPS) is 21.6. The van der Waals surface area contributed by atoms with Crippen LogP contribution in [0.15, 0.2) is 24.3 Å². The summed E-state index contributed by atoms with van der Waals surface area (Å²) < 4.78 is 38.6. The van der Waals surface area contributed by atoms with Gasteiger partial charge in [-0.05, 0) is 63.0 Å². The molecule has 0 bridgehead atoms. The van der Waals surface area contributed by atoms with E-state index in [4.69, 9.17) is 9.47 Å². The minimum absolute atomic E-state index is 0.0260. The first kappa shape index (κ1) is 17.8. The average molecular weight is 324 g/mol. The lowest BCUT2D eigenvalue weighted by Gasteiger charge is -2.26. The molecule has 1 aromatic rings. The Labute approximate surface area is 137 Å². The summed E-state index contributed by atoms with van der Waals surface area (Å²) in [6.07, 6.45) is 9.50. The summed E-state index contributed by atoms with van der Waals surface area (Å²) in [5.74, 6) is -0.935. The molecule has 4 heteroatoms. The molecule has 1 aromatic carbocycles. The molecule has 1 saturated carbocycles. The van der Waals surface area contributed by atoms with Gasteiger partial charge in [-0.1, -0.05) is 19.1 Å². The molecular weight excluding hydrogens is 298 g/mol. The Hall–Kier alpha value is -1.58. The van der Waals surface area contributed by atoms with Crippen molar-refractivity contribution in [2.24, 2.45) is 11.8 Å². The number of hydrogen-bond acceptors (Lipinski definition) is 2. The van der Waals surface area contributed by atoms with Gasteiger partial charge in [-0.15, -0.1) is 0 Å². The molecule has 0 spiro atoms. The monoisotopic (exact) mass is 324 g/mol. The second-order valence-corrected chi connectivity index (χ2v) is 6.16. The van der Waals surface area contributed by atoms with Crippen molar-refractivity contribution in [3.8, 4) is 11.5 Å². The second-order valence-electron chi connectivity index (χ2n) is 6.16. The van der Waals surface area contributed by atoms with Gasteiger partial charge in [0.1, 0.15) is 0 Å². The molecule has 1 aliphatic carbocycles. The van der Waals surface area contributed by atoms with Crippen molar-refractivity contribution in [2.75, 3.05) is 13.2 Å². The second kappa shape index (κ2) is 8.90. The number of halogens is 2. The van der Waals surface area contributed by atoms with Crippen LogP contribution >= 0.6 is 0 Å². The topological polar surface area (TPSA) is 18.5 Å². The van der Waals surface area contributed by atoms with E-state index in [9.17, 15) is 8.78 Å². The highest BCUT2D eigenvalue weighted by Crippen LogP contribution is 2.32. The summed E-state index contributed by atoms with van der Waals surface area (Å²) >= 11 is 0. The highest BCUT2D eigenvalue weighted by Gasteiger charge is 2.21. The Morgan fingerprint density at radius 3 is 2.22 bits per heavy atom. The molecule has 0 heterocycles. The van der Waals surface area contributed by atoms with E-state index in [0.29, 0.717) is 25.0 Å². The molecule has 128 valence electrons. The highest BCUT2D eigenvalue weighted by atomic mass is 19.2. The predicted octanol–water partition coefficient (Wildman–Crippen LogP) is 5.51. The van der Waals surface area contributed by atoms with E-state index in [0.717, 1.165) is 32.1 Å². The lowest BCUT2D eigenvalue weighted by atomic mass is 9.82. The van der Waals surface area contributed by atoms with Crippen LogP contribution in [0, 0.1) is 23.5 Å². The van der Waals surface area contributed by atoms with Crippen LogP contribution in [0.3, 0.4) is 0 Å². The van der Waals surface area contributed by atoms with Gasteiger partial charge in [-0.25, -0.2) is 0 Å². The number of benzene rings is 1. The third-order valence-corrected chi connectivity index (χ3v) is 4.30. The van der Waals surface area contributed by atoms with E-state index in [1.165, 1.54) is 12.1 Å². The zero-order chi connectivity index (χ0) is 16.7. The molecule has 0 atom stereocenters. The number of allylic oxidation sites excluding steroid dienone is 2. The van der Waals surface area contributed by atoms with Gasteiger partial charge in [0.25, 0.3) is 0 Å². The van der Waals surface area contributed by atoms with Crippen molar-refractivity contribution in [1.82, 2.24) is 0 Å². The lowest BCUT2D eigenvalue weighted by molar-refractivity contribution is 0.187. The molecule has 0 amide bonds. The Kier molecular flexibility index (Phi) is 6.87. The van der Waals surface area contributed by atoms with Gasteiger partial charge in [0.15, 0.2) is 11.5 Å². The molecule has 1 aliphatic rings. The number of rotatable bonds is 7. The maximum absolute atomic E-state index is 14.0. The van der Waals surface area contributed by atoms with Crippen LogP contribution in [0.2, 0.25) is 0 Å². The summed E-state index contributed by atoms with van der Waals surface area (Å²) in [6, 6.07) is 2.89. The van der Waals surface area contributed by atoms with Crippen molar-refractivity contribution >= 4 is 0 Å². The molecule has 2 nitrogen and oxygen atoms in total. The molecule has 0 radical (unpaired) electrons. The fraction of sp³-hybridized carbons (Fsp3) is 0.579. The van der Waals surface area contributed by atoms with Crippen LogP contribution in [-0.2, 0) is 0 Å². The van der Waals surface area contributed by atoms with Crippen molar-refractivity contribution in [1.29, 1.82) is 0 Å². The zero-order valence-corrected chi connectivity index (χ0v) is 14.0. The summed E-state index contributed by atoms with van der Waals surface area (Å²) in [5, 5.41) is 0. The Balaban J connectivity index is 1.87. The van der Waals surface area contributed by atoms with Gasteiger partial charge < -0.3 is 9.47 Å². The van der Waals surface area contributed by atoms with Crippen LogP contribution in [0.4, 0.5) is 8.78 Å². The summed E-state index contributed by atoms with van der Waals surface area (Å²) in [6.45, 7) is 4.76. The summed E-state index contributed by atoms with van der Waals surface area (Å²) in [7, 11) is 0. The zero-order valence-electron chi connectivity index (χ0n) is 14.0. The third kappa shape index (κ3) is 4.95. The average Bonchev–Trinajstić information content (AvgIpc) is 2.57. The SMILES string of the molecule is C/C=C/C1CCC(COc2ccc(OCCC)c(F)c2F)CC1. The van der Waals surface area contributed by atoms with Crippen molar-refractivity contribution < 1.29 is 18.3 Å². The van der Waals surface area contributed by atoms with E-state index in [2.05, 4.69) is 12.2 Å². The molecule has 0 N–H and O–H groups in total. The minimum atomic E-state index is -0.965. The van der Waals surface area contributed by atoms with Gasteiger partial charge in [0, 0.05) is 0 Å². The standard InChI is InChI=1S/C19H26F2O2/c1-3-5-14-6-8-15(9-7-14)13-23-17-11-10-16(22-12-4-2)18(20)19(17)21/h3,5,10-11,14-15H,4,6-9,12-13H2,1-2H3/b5-3+. The van der Waals surface area contributed by atoms with E-state index in [-0.39, 0.29) is 11.5 Å². The van der Waals surface area contributed by atoms with Crippen molar-refractivity contribution in [2.45, 2.75) is 46.0 Å². The molecule has 2 rings (SSSR count). The number of ether oxygens (including phenoxy) is 2. The van der Waals surface area contributed by atoms with Crippen molar-refractivity contribution in [3.63, 3.8) is 0 Å². The smallest absolute Gasteiger partial charge is 0.204 e. The molecule has 0 aromatic heterocycles. The van der Waals surface area contributed by atoms with Gasteiger partial charge in [-0.3, -0.25) is 0 Å². The molecule has 23 heavy (non-hydrogen) atoms. The minimum Gasteiger partial charge on any atom is -0.490 e. The van der Waals surface area contributed by atoms with Gasteiger partial charge in [0.05, 0.1) is 13.2 Å². The van der Waals surface area contributed by atoms with Crippen LogP contribution in [0.5, 0.6) is 11.5 Å². The van der Waals surface area contributed by atoms with Crippen LogP contribution in [0.25, 0.3) is 0 Å². The fourth-order valence-corrected chi connectivity index (χ4v) is 2.98. The largest absolute Gasteiger partial charge is 0.490 e. The summed E-state index contributed by atoms with van der Waals surface area (Å²) in [5.41, 5.74) is 0. The van der Waals surface area contributed by atoms with Crippen LogP contribution < -0.4 is 9.47 Å².